The fraction of sp³-hybridized carbons (Fsp3) is 0.273. The molecule has 0 aromatic heterocycles. The maximum absolute atomic E-state index is 13.2. The van der Waals surface area contributed by atoms with E-state index in [1.165, 1.54) is 35.1 Å². The molecule has 0 spiro atoms. The van der Waals surface area contributed by atoms with E-state index in [0.717, 1.165) is 6.07 Å². The fourth-order valence-corrected chi connectivity index (χ4v) is 3.26. The maximum Gasteiger partial charge on any atom is 0.416 e. The minimum atomic E-state index is -4.47. The van der Waals surface area contributed by atoms with E-state index in [4.69, 9.17) is 14.9 Å². The number of carbonyl (C=O) groups excluding carboxylic acids is 1. The molecule has 1 heterocycles. The van der Waals surface area contributed by atoms with Gasteiger partial charge in [-0.2, -0.15) is 13.2 Å². The van der Waals surface area contributed by atoms with Crippen molar-refractivity contribution in [1.29, 1.82) is 5.41 Å². The molecule has 0 aliphatic carbocycles. The van der Waals surface area contributed by atoms with E-state index in [9.17, 15) is 18.0 Å². The van der Waals surface area contributed by atoms with Gasteiger partial charge in [-0.1, -0.05) is 24.3 Å². The summed E-state index contributed by atoms with van der Waals surface area (Å²) in [5.74, 6) is 0.700. The Labute approximate surface area is 178 Å². The number of ether oxygens (including phenoxy) is 2. The second-order valence-electron chi connectivity index (χ2n) is 6.82. The topological polar surface area (TPSA) is 65.9 Å². The van der Waals surface area contributed by atoms with Crippen molar-refractivity contribution in [3.8, 4) is 11.5 Å². The maximum atomic E-state index is 13.2. The normalized spacial score (nSPS) is 15.7. The van der Waals surface area contributed by atoms with Crippen LogP contribution in [0.2, 0.25) is 0 Å². The van der Waals surface area contributed by atoms with Crippen LogP contribution in [0.5, 0.6) is 11.5 Å². The van der Waals surface area contributed by atoms with Crippen LogP contribution >= 0.6 is 0 Å². The van der Waals surface area contributed by atoms with Gasteiger partial charge in [0.25, 0.3) is 0 Å². The first-order valence-electron chi connectivity index (χ1n) is 9.49. The Morgan fingerprint density at radius 2 is 1.84 bits per heavy atom. The molecule has 1 aliphatic rings. The summed E-state index contributed by atoms with van der Waals surface area (Å²) in [6.45, 7) is 1.89. The average Bonchev–Trinajstić information content (AvgIpc) is 2.94. The third kappa shape index (κ3) is 4.50. The minimum absolute atomic E-state index is 0.0162. The van der Waals surface area contributed by atoms with Crippen LogP contribution in [0.15, 0.2) is 48.2 Å². The zero-order valence-corrected chi connectivity index (χ0v) is 17.3. The van der Waals surface area contributed by atoms with Crippen LogP contribution in [0.1, 0.15) is 23.6 Å². The highest BCUT2D eigenvalue weighted by Gasteiger charge is 2.35. The molecule has 1 saturated heterocycles. The van der Waals surface area contributed by atoms with Gasteiger partial charge in [-0.25, -0.2) is 4.79 Å². The lowest BCUT2D eigenvalue weighted by Gasteiger charge is -2.15. The van der Waals surface area contributed by atoms with E-state index in [0.29, 0.717) is 23.6 Å². The fourth-order valence-electron chi connectivity index (χ4n) is 3.26. The first-order valence-corrected chi connectivity index (χ1v) is 9.49. The molecule has 0 unspecified atom stereocenters. The summed E-state index contributed by atoms with van der Waals surface area (Å²) in [6, 6.07) is 9.85. The summed E-state index contributed by atoms with van der Waals surface area (Å²) < 4.78 is 50.5. The van der Waals surface area contributed by atoms with Crippen molar-refractivity contribution in [2.45, 2.75) is 19.7 Å². The van der Waals surface area contributed by atoms with Gasteiger partial charge in [0.15, 0.2) is 17.3 Å². The van der Waals surface area contributed by atoms with Crippen molar-refractivity contribution in [1.82, 2.24) is 9.80 Å². The van der Waals surface area contributed by atoms with Crippen LogP contribution in [-0.4, -0.2) is 42.4 Å². The molecule has 2 aromatic rings. The Kier molecular flexibility index (Phi) is 6.24. The highest BCUT2D eigenvalue weighted by atomic mass is 19.4. The molecule has 0 bridgehead atoms. The molecule has 1 fully saturated rings. The Balaban J connectivity index is 1.84. The highest BCUT2D eigenvalue weighted by Crippen LogP contribution is 2.34. The van der Waals surface area contributed by atoms with Gasteiger partial charge < -0.3 is 9.47 Å². The van der Waals surface area contributed by atoms with Crippen molar-refractivity contribution in [2.24, 2.45) is 0 Å². The lowest BCUT2D eigenvalue weighted by Crippen LogP contribution is -2.30. The van der Waals surface area contributed by atoms with Crippen LogP contribution in [-0.2, 0) is 12.8 Å². The van der Waals surface area contributed by atoms with Crippen molar-refractivity contribution in [2.75, 3.05) is 20.7 Å². The number of carbonyl (C=O) groups is 1. The number of hydrogen-bond donors (Lipinski definition) is 1. The van der Waals surface area contributed by atoms with E-state index in [-0.39, 0.29) is 29.8 Å². The average molecular weight is 433 g/mol. The van der Waals surface area contributed by atoms with Gasteiger partial charge >= 0.3 is 12.2 Å². The van der Waals surface area contributed by atoms with Gasteiger partial charge in [0.05, 0.1) is 18.4 Å². The third-order valence-electron chi connectivity index (χ3n) is 4.90. The number of amides is 2. The van der Waals surface area contributed by atoms with Gasteiger partial charge in [0.1, 0.15) is 6.61 Å². The number of amidine groups is 1. The standard InChI is InChI=1S/C22H22F3N3O3/c1-4-28-20(26)17(27(2)21(28)29)11-14-9-10-18(19(12-14)30-3)31-13-15-7-5-6-8-16(15)22(23,24)25/h5-12,26H,4,13H2,1-3H3. The number of hydrogen-bond acceptors (Lipinski definition) is 4. The molecule has 9 heteroatoms. The quantitative estimate of drug-likeness (QED) is 0.697. The summed E-state index contributed by atoms with van der Waals surface area (Å²) in [4.78, 5) is 14.9. The van der Waals surface area contributed by atoms with Crippen LogP contribution in [0.4, 0.5) is 18.0 Å². The summed E-state index contributed by atoms with van der Waals surface area (Å²) in [5.41, 5.74) is 0.351. The third-order valence-corrected chi connectivity index (χ3v) is 4.90. The molecule has 1 N–H and O–H groups in total. The minimum Gasteiger partial charge on any atom is -0.493 e. The van der Waals surface area contributed by atoms with E-state index < -0.39 is 11.7 Å². The molecule has 0 atom stereocenters. The van der Waals surface area contributed by atoms with Crippen LogP contribution in [0.25, 0.3) is 6.08 Å². The summed E-state index contributed by atoms with van der Waals surface area (Å²) >= 11 is 0. The molecular formula is C22H22F3N3O3. The van der Waals surface area contributed by atoms with E-state index in [1.54, 1.807) is 38.2 Å². The molecule has 2 aromatic carbocycles. The summed E-state index contributed by atoms with van der Waals surface area (Å²) in [5, 5.41) is 8.19. The lowest BCUT2D eigenvalue weighted by atomic mass is 10.1. The number of alkyl halides is 3. The second kappa shape index (κ2) is 8.71. The number of halogens is 3. The number of benzene rings is 2. The van der Waals surface area contributed by atoms with Gasteiger partial charge in [0, 0.05) is 19.2 Å². The number of rotatable bonds is 6. The van der Waals surface area contributed by atoms with E-state index in [2.05, 4.69) is 0 Å². The lowest BCUT2D eigenvalue weighted by molar-refractivity contribution is -0.138. The van der Waals surface area contributed by atoms with Crippen LogP contribution in [0, 0.1) is 5.41 Å². The van der Waals surface area contributed by atoms with Crippen molar-refractivity contribution < 1.29 is 27.4 Å². The molecule has 31 heavy (non-hydrogen) atoms. The van der Waals surface area contributed by atoms with E-state index >= 15 is 0 Å². The Morgan fingerprint density at radius 1 is 1.13 bits per heavy atom. The molecule has 1 aliphatic heterocycles. The van der Waals surface area contributed by atoms with Crippen LogP contribution < -0.4 is 9.47 Å². The Morgan fingerprint density at radius 3 is 2.45 bits per heavy atom. The monoisotopic (exact) mass is 433 g/mol. The molecular weight excluding hydrogens is 411 g/mol. The predicted octanol–water partition coefficient (Wildman–Crippen LogP) is 5.00. The smallest absolute Gasteiger partial charge is 0.416 e. The van der Waals surface area contributed by atoms with E-state index in [1.807, 2.05) is 0 Å². The second-order valence-corrected chi connectivity index (χ2v) is 6.82. The largest absolute Gasteiger partial charge is 0.493 e. The Hall–Kier alpha value is -3.49. The highest BCUT2D eigenvalue weighted by molar-refractivity contribution is 6.15. The summed E-state index contributed by atoms with van der Waals surface area (Å²) in [6.07, 6.45) is -2.80. The number of nitrogens with one attached hydrogen (secondary N) is 1. The van der Waals surface area contributed by atoms with Crippen molar-refractivity contribution in [3.05, 3.63) is 64.9 Å². The number of urea groups is 1. The van der Waals surface area contributed by atoms with Crippen molar-refractivity contribution in [3.63, 3.8) is 0 Å². The number of nitrogens with zero attached hydrogens (tertiary/aromatic N) is 2. The molecule has 2 amide bonds. The molecule has 164 valence electrons. The Bertz CT molecular complexity index is 1030. The molecule has 0 saturated carbocycles. The number of likely N-dealkylation sites (N-methyl/N-ethyl adjacent to an activating group) is 2. The van der Waals surface area contributed by atoms with Gasteiger partial charge in [-0.05, 0) is 36.8 Å². The molecule has 3 rings (SSSR count). The van der Waals surface area contributed by atoms with Gasteiger partial charge in [0.2, 0.25) is 0 Å². The van der Waals surface area contributed by atoms with Gasteiger partial charge in [-0.3, -0.25) is 15.2 Å². The zero-order chi connectivity index (χ0) is 22.8. The zero-order valence-electron chi connectivity index (χ0n) is 17.3. The summed E-state index contributed by atoms with van der Waals surface area (Å²) in [7, 11) is 3.01. The van der Waals surface area contributed by atoms with Crippen LogP contribution in [0.3, 0.4) is 0 Å². The molecule has 0 radical (unpaired) electrons. The SMILES string of the molecule is CCN1C(=N)C(=Cc2ccc(OCc3ccccc3C(F)(F)F)c(OC)c2)N(C)C1=O. The first kappa shape index (κ1) is 22.2. The van der Waals surface area contributed by atoms with Crippen molar-refractivity contribution >= 4 is 17.9 Å². The van der Waals surface area contributed by atoms with Gasteiger partial charge in [-0.15, -0.1) is 0 Å². The number of methoxy groups -OCH3 is 1. The molecule has 6 nitrogen and oxygen atoms in total. The predicted molar refractivity (Wildman–Crippen MR) is 110 cm³/mol. The first-order chi connectivity index (χ1) is 14.7.